The van der Waals surface area contributed by atoms with Gasteiger partial charge in [0.05, 0.1) is 18.8 Å². The fourth-order valence-corrected chi connectivity index (χ4v) is 3.01. The van der Waals surface area contributed by atoms with Crippen LogP contribution in [-0.2, 0) is 6.54 Å². The number of hydrogen-bond donors (Lipinski definition) is 2. The summed E-state index contributed by atoms with van der Waals surface area (Å²) < 4.78 is 46.4. The van der Waals surface area contributed by atoms with E-state index in [-0.39, 0.29) is 25.1 Å². The molecule has 0 spiro atoms. The van der Waals surface area contributed by atoms with Crippen molar-refractivity contribution < 1.29 is 27.4 Å². The maximum atomic E-state index is 12.8. The molecule has 2 aromatic rings. The van der Waals surface area contributed by atoms with Crippen LogP contribution in [0.5, 0.6) is 17.2 Å². The number of fused-ring (bicyclic) bond motifs is 1. The fourth-order valence-electron chi connectivity index (χ4n) is 3.01. The summed E-state index contributed by atoms with van der Waals surface area (Å²) in [5.74, 6) is 2.22. The molecule has 0 fully saturated rings. The van der Waals surface area contributed by atoms with Crippen molar-refractivity contribution in [1.82, 2.24) is 15.5 Å². The van der Waals surface area contributed by atoms with Crippen molar-refractivity contribution in [2.45, 2.75) is 26.1 Å². The van der Waals surface area contributed by atoms with Gasteiger partial charge < -0.3 is 29.3 Å². The molecule has 2 heterocycles. The van der Waals surface area contributed by atoms with Crippen molar-refractivity contribution >= 4 is 5.96 Å². The molecule has 1 aromatic carbocycles. The first kappa shape index (κ1) is 21.7. The number of likely N-dealkylation sites (N-methyl/N-ethyl adjacent to an activating group) is 1. The lowest BCUT2D eigenvalue weighted by molar-refractivity contribution is -0.0505. The minimum atomic E-state index is -2.95. The lowest BCUT2D eigenvalue weighted by Crippen LogP contribution is -2.41. The van der Waals surface area contributed by atoms with Gasteiger partial charge in [-0.1, -0.05) is 0 Å². The molecule has 0 radical (unpaired) electrons. The Labute approximate surface area is 173 Å². The molecule has 164 valence electrons. The first-order valence-electron chi connectivity index (χ1n) is 9.57. The topological polar surface area (TPSA) is 80.5 Å². The van der Waals surface area contributed by atoms with Crippen molar-refractivity contribution in [3.8, 4) is 17.2 Å². The highest BCUT2D eigenvalue weighted by molar-refractivity contribution is 5.79. The Kier molecular flexibility index (Phi) is 7.34. The molecular weight excluding hydrogens is 398 g/mol. The van der Waals surface area contributed by atoms with E-state index in [9.17, 15) is 8.78 Å². The number of guanidine groups is 1. The standard InChI is InChI=1S/C20H26F2N4O4/c1-4-23-20(25-11-14(26(2)3)15-6-5-7-27-15)24-10-13-8-17-18(29-12-28-17)9-16(13)30-19(21)22/h5-9,14,19H,4,10-12H2,1-3H3,(H2,23,24,25). The molecule has 1 aromatic heterocycles. The lowest BCUT2D eigenvalue weighted by atomic mass is 10.1. The van der Waals surface area contributed by atoms with Gasteiger partial charge in [0, 0.05) is 24.7 Å². The first-order valence-corrected chi connectivity index (χ1v) is 9.57. The van der Waals surface area contributed by atoms with Crippen LogP contribution < -0.4 is 24.8 Å². The number of nitrogens with zero attached hydrogens (tertiary/aromatic N) is 2. The summed E-state index contributed by atoms with van der Waals surface area (Å²) in [6, 6.07) is 6.76. The SMILES string of the molecule is CCNC(=NCc1cc2c(cc1OC(F)F)OCO2)NCC(c1ccco1)N(C)C. The molecule has 1 aliphatic heterocycles. The van der Waals surface area contributed by atoms with E-state index in [1.165, 1.54) is 6.07 Å². The molecule has 0 saturated carbocycles. The van der Waals surface area contributed by atoms with Crippen LogP contribution in [0.2, 0.25) is 0 Å². The zero-order valence-corrected chi connectivity index (χ0v) is 17.2. The first-order chi connectivity index (χ1) is 14.5. The smallest absolute Gasteiger partial charge is 0.387 e. The zero-order chi connectivity index (χ0) is 21.5. The normalized spacial score (nSPS) is 14.3. The molecule has 0 aliphatic carbocycles. The Morgan fingerprint density at radius 3 is 2.63 bits per heavy atom. The molecule has 1 aliphatic rings. The highest BCUT2D eigenvalue weighted by atomic mass is 19.3. The van der Waals surface area contributed by atoms with Crippen LogP contribution in [0, 0.1) is 0 Å². The van der Waals surface area contributed by atoms with E-state index in [1.54, 1.807) is 12.3 Å². The maximum Gasteiger partial charge on any atom is 0.387 e. The van der Waals surface area contributed by atoms with E-state index in [4.69, 9.17) is 13.9 Å². The van der Waals surface area contributed by atoms with E-state index in [0.717, 1.165) is 5.76 Å². The predicted molar refractivity (Wildman–Crippen MR) is 107 cm³/mol. The third-order valence-corrected chi connectivity index (χ3v) is 4.48. The number of nitrogens with one attached hydrogen (secondary N) is 2. The van der Waals surface area contributed by atoms with E-state index < -0.39 is 6.61 Å². The molecule has 1 atom stereocenters. The van der Waals surface area contributed by atoms with Gasteiger partial charge in [-0.2, -0.15) is 8.78 Å². The van der Waals surface area contributed by atoms with E-state index in [1.807, 2.05) is 38.1 Å². The summed E-state index contributed by atoms with van der Waals surface area (Å²) in [4.78, 5) is 6.54. The van der Waals surface area contributed by atoms with Crippen LogP contribution in [0.25, 0.3) is 0 Å². The second kappa shape index (κ2) is 10.1. The predicted octanol–water partition coefficient (Wildman–Crippen LogP) is 2.97. The van der Waals surface area contributed by atoms with Crippen LogP contribution >= 0.6 is 0 Å². The van der Waals surface area contributed by atoms with Gasteiger partial charge in [0.15, 0.2) is 17.5 Å². The molecule has 0 amide bonds. The molecule has 0 bridgehead atoms. The van der Waals surface area contributed by atoms with E-state index in [0.29, 0.717) is 36.1 Å². The Balaban J connectivity index is 1.74. The molecule has 0 saturated heterocycles. The Morgan fingerprint density at radius 2 is 2.00 bits per heavy atom. The highest BCUT2D eigenvalue weighted by Gasteiger charge is 2.21. The zero-order valence-electron chi connectivity index (χ0n) is 17.2. The molecule has 10 heteroatoms. The number of rotatable bonds is 9. The van der Waals surface area contributed by atoms with Gasteiger partial charge in [-0.05, 0) is 39.2 Å². The minimum Gasteiger partial charge on any atom is -0.468 e. The van der Waals surface area contributed by atoms with Crippen LogP contribution in [-0.4, -0.2) is 51.4 Å². The number of furan rings is 1. The third kappa shape index (κ3) is 5.53. The number of alkyl halides is 2. The summed E-state index contributed by atoms with van der Waals surface area (Å²) in [7, 11) is 3.92. The van der Waals surface area contributed by atoms with Crippen LogP contribution in [0.3, 0.4) is 0 Å². The van der Waals surface area contributed by atoms with Gasteiger partial charge in [0.2, 0.25) is 6.79 Å². The summed E-state index contributed by atoms with van der Waals surface area (Å²) in [6.45, 7) is 0.322. The molecule has 30 heavy (non-hydrogen) atoms. The van der Waals surface area contributed by atoms with Gasteiger partial charge in [-0.25, -0.2) is 4.99 Å². The summed E-state index contributed by atoms with van der Waals surface area (Å²) >= 11 is 0. The Morgan fingerprint density at radius 1 is 1.23 bits per heavy atom. The summed E-state index contributed by atoms with van der Waals surface area (Å²) in [6.07, 6.45) is 1.63. The lowest BCUT2D eigenvalue weighted by Gasteiger charge is -2.23. The monoisotopic (exact) mass is 424 g/mol. The fraction of sp³-hybridized carbons (Fsp3) is 0.450. The number of halogens is 2. The van der Waals surface area contributed by atoms with Crippen LogP contribution in [0.1, 0.15) is 24.3 Å². The van der Waals surface area contributed by atoms with E-state index >= 15 is 0 Å². The average Bonchev–Trinajstić information content (AvgIpc) is 3.37. The largest absolute Gasteiger partial charge is 0.468 e. The molecule has 2 N–H and O–H groups in total. The molecule has 3 rings (SSSR count). The molecular formula is C20H26F2N4O4. The van der Waals surface area contributed by atoms with Gasteiger partial charge >= 0.3 is 6.61 Å². The highest BCUT2D eigenvalue weighted by Crippen LogP contribution is 2.39. The van der Waals surface area contributed by atoms with Crippen molar-refractivity contribution in [1.29, 1.82) is 0 Å². The summed E-state index contributed by atoms with van der Waals surface area (Å²) in [5, 5.41) is 6.42. The Hall–Kier alpha value is -3.01. The number of aliphatic imine (C=N–C) groups is 1. The number of ether oxygens (including phenoxy) is 3. The number of benzene rings is 1. The minimum absolute atomic E-state index is 0.00729. The third-order valence-electron chi connectivity index (χ3n) is 4.48. The quantitative estimate of drug-likeness (QED) is 0.473. The second-order valence-electron chi connectivity index (χ2n) is 6.76. The molecule has 8 nitrogen and oxygen atoms in total. The van der Waals surface area contributed by atoms with Gasteiger partial charge in [-0.15, -0.1) is 0 Å². The van der Waals surface area contributed by atoms with Crippen molar-refractivity contribution in [3.05, 3.63) is 41.9 Å². The second-order valence-corrected chi connectivity index (χ2v) is 6.76. The maximum absolute atomic E-state index is 12.8. The number of hydrogen-bond acceptors (Lipinski definition) is 6. The molecule has 1 unspecified atom stereocenters. The summed E-state index contributed by atoms with van der Waals surface area (Å²) in [5.41, 5.74) is 0.465. The van der Waals surface area contributed by atoms with Crippen molar-refractivity contribution in [3.63, 3.8) is 0 Å². The van der Waals surface area contributed by atoms with Gasteiger partial charge in [0.1, 0.15) is 11.5 Å². The average molecular weight is 424 g/mol. The van der Waals surface area contributed by atoms with Gasteiger partial charge in [0.25, 0.3) is 0 Å². The van der Waals surface area contributed by atoms with E-state index in [2.05, 4.69) is 20.4 Å². The van der Waals surface area contributed by atoms with Crippen molar-refractivity contribution in [2.24, 2.45) is 4.99 Å². The Bertz CT molecular complexity index is 844. The van der Waals surface area contributed by atoms with Crippen molar-refractivity contribution in [2.75, 3.05) is 34.0 Å². The van der Waals surface area contributed by atoms with Crippen LogP contribution in [0.15, 0.2) is 39.9 Å². The van der Waals surface area contributed by atoms with Crippen LogP contribution in [0.4, 0.5) is 8.78 Å². The van der Waals surface area contributed by atoms with Gasteiger partial charge in [-0.3, -0.25) is 4.90 Å².